The second-order valence-electron chi connectivity index (χ2n) is 5.76. The van der Waals surface area contributed by atoms with E-state index in [1.165, 1.54) is 32.0 Å². The van der Waals surface area contributed by atoms with Gasteiger partial charge in [0.15, 0.2) is 12.4 Å². The fourth-order valence-corrected chi connectivity index (χ4v) is 2.85. The van der Waals surface area contributed by atoms with Crippen molar-refractivity contribution in [2.24, 2.45) is 0 Å². The van der Waals surface area contributed by atoms with E-state index in [9.17, 15) is 19.2 Å². The van der Waals surface area contributed by atoms with Crippen LogP contribution in [0.1, 0.15) is 50.7 Å². The average molecular weight is 442 g/mol. The van der Waals surface area contributed by atoms with Gasteiger partial charge in [0.25, 0.3) is 5.91 Å². The van der Waals surface area contributed by atoms with Crippen LogP contribution in [0.3, 0.4) is 0 Å². The van der Waals surface area contributed by atoms with Crippen molar-refractivity contribution >= 4 is 52.7 Å². The average Bonchev–Trinajstić information content (AvgIpc) is 2.97. The molecule has 0 saturated carbocycles. The van der Waals surface area contributed by atoms with Gasteiger partial charge in [-0.25, -0.2) is 9.59 Å². The molecular weight excluding hydrogens is 425 g/mol. The first-order valence-electron chi connectivity index (χ1n) is 8.39. The summed E-state index contributed by atoms with van der Waals surface area (Å²) in [4.78, 5) is 48.3. The number of halogens is 2. The molecule has 1 aromatic carbocycles. The highest BCUT2D eigenvalue weighted by atomic mass is 35.5. The number of rotatable bonds is 7. The lowest BCUT2D eigenvalue weighted by atomic mass is 10.1. The van der Waals surface area contributed by atoms with E-state index in [4.69, 9.17) is 37.1 Å². The van der Waals surface area contributed by atoms with E-state index in [-0.39, 0.29) is 45.0 Å². The molecule has 2 aromatic rings. The van der Waals surface area contributed by atoms with Gasteiger partial charge in [0, 0.05) is 5.02 Å². The zero-order chi connectivity index (χ0) is 21.7. The number of ketones is 1. The molecule has 2 rings (SSSR count). The zero-order valence-corrected chi connectivity index (χ0v) is 17.3. The van der Waals surface area contributed by atoms with Gasteiger partial charge in [0.05, 0.1) is 22.8 Å². The Labute approximate surface area is 176 Å². The summed E-state index contributed by atoms with van der Waals surface area (Å²) in [6.45, 7) is 3.68. The van der Waals surface area contributed by atoms with Crippen molar-refractivity contribution in [1.29, 1.82) is 0 Å². The maximum absolute atomic E-state index is 12.2. The largest absolute Gasteiger partial charge is 0.462 e. The molecule has 29 heavy (non-hydrogen) atoms. The monoisotopic (exact) mass is 441 g/mol. The summed E-state index contributed by atoms with van der Waals surface area (Å²) in [5.74, 6) is -3.06. The molecule has 0 atom stereocenters. The summed E-state index contributed by atoms with van der Waals surface area (Å²) < 4.78 is 15.2. The first-order chi connectivity index (χ1) is 13.6. The summed E-state index contributed by atoms with van der Waals surface area (Å²) in [6, 6.07) is 4.22. The van der Waals surface area contributed by atoms with Gasteiger partial charge < -0.3 is 13.9 Å². The van der Waals surface area contributed by atoms with Gasteiger partial charge >= 0.3 is 11.9 Å². The van der Waals surface area contributed by atoms with Gasteiger partial charge in [-0.15, -0.1) is 0 Å². The predicted octanol–water partition coefficient (Wildman–Crippen LogP) is 4.07. The van der Waals surface area contributed by atoms with Gasteiger partial charge in [0.1, 0.15) is 11.3 Å². The van der Waals surface area contributed by atoms with Crippen molar-refractivity contribution in [3.63, 3.8) is 0 Å². The molecule has 0 saturated heterocycles. The normalized spacial score (nSPS) is 10.4. The SMILES string of the molecule is CCOC(=O)c1c(NC(=O)COC(=O)c2cc(Cl)ccc2Cl)oc(C)c1C(C)=O. The van der Waals surface area contributed by atoms with Crippen LogP contribution in [-0.4, -0.2) is 36.8 Å². The number of anilines is 1. The molecule has 0 radical (unpaired) electrons. The minimum absolute atomic E-state index is 0.00135. The molecule has 0 spiro atoms. The smallest absolute Gasteiger partial charge is 0.344 e. The minimum atomic E-state index is -0.863. The number of carbonyl (C=O) groups excluding carboxylic acids is 4. The number of benzene rings is 1. The number of aryl methyl sites for hydroxylation is 1. The Morgan fingerprint density at radius 1 is 1.07 bits per heavy atom. The summed E-state index contributed by atoms with van der Waals surface area (Å²) in [5.41, 5.74) is -0.206. The van der Waals surface area contributed by atoms with Crippen LogP contribution in [-0.2, 0) is 14.3 Å². The quantitative estimate of drug-likeness (QED) is 0.508. The summed E-state index contributed by atoms with van der Waals surface area (Å²) in [7, 11) is 0. The van der Waals surface area contributed by atoms with Crippen LogP contribution in [0.2, 0.25) is 10.0 Å². The van der Waals surface area contributed by atoms with E-state index in [1.54, 1.807) is 6.92 Å². The van der Waals surface area contributed by atoms with Crippen LogP contribution in [0.15, 0.2) is 22.6 Å². The van der Waals surface area contributed by atoms with Crippen LogP contribution in [0.5, 0.6) is 0 Å². The standard InChI is InChI=1S/C19H17Cl2NO7/c1-4-27-19(26)16-15(9(2)23)10(3)29-17(16)22-14(24)8-28-18(25)12-7-11(20)5-6-13(12)21/h5-7H,4,8H2,1-3H3,(H,22,24). The predicted molar refractivity (Wildman–Crippen MR) is 105 cm³/mol. The lowest BCUT2D eigenvalue weighted by Crippen LogP contribution is -2.22. The molecular formula is C19H17Cl2NO7. The number of esters is 2. The third kappa shape index (κ3) is 5.36. The van der Waals surface area contributed by atoms with Crippen molar-refractivity contribution in [2.75, 3.05) is 18.5 Å². The molecule has 1 N–H and O–H groups in total. The van der Waals surface area contributed by atoms with E-state index in [1.807, 2.05) is 0 Å². The van der Waals surface area contributed by atoms with Crippen molar-refractivity contribution in [3.05, 3.63) is 50.7 Å². The maximum Gasteiger partial charge on any atom is 0.344 e. The molecule has 0 unspecified atom stereocenters. The minimum Gasteiger partial charge on any atom is -0.462 e. The van der Waals surface area contributed by atoms with E-state index >= 15 is 0 Å². The molecule has 0 aliphatic rings. The van der Waals surface area contributed by atoms with Gasteiger partial charge in [-0.1, -0.05) is 23.2 Å². The lowest BCUT2D eigenvalue weighted by Gasteiger charge is -2.08. The molecule has 8 nitrogen and oxygen atoms in total. The molecule has 1 amide bonds. The highest BCUT2D eigenvalue weighted by molar-refractivity contribution is 6.35. The first-order valence-corrected chi connectivity index (χ1v) is 9.14. The Morgan fingerprint density at radius 3 is 2.38 bits per heavy atom. The molecule has 1 heterocycles. The highest BCUT2D eigenvalue weighted by Crippen LogP contribution is 2.28. The molecule has 0 fully saturated rings. The molecule has 0 aliphatic carbocycles. The topological polar surface area (TPSA) is 112 Å². The van der Waals surface area contributed by atoms with Crippen LogP contribution >= 0.6 is 23.2 Å². The number of hydrogen-bond donors (Lipinski definition) is 1. The van der Waals surface area contributed by atoms with E-state index in [0.29, 0.717) is 0 Å². The number of furan rings is 1. The second kappa shape index (κ2) is 9.58. The van der Waals surface area contributed by atoms with Crippen LogP contribution in [0.25, 0.3) is 0 Å². The van der Waals surface area contributed by atoms with Crippen molar-refractivity contribution < 1.29 is 33.1 Å². The Morgan fingerprint density at radius 2 is 1.76 bits per heavy atom. The Hall–Kier alpha value is -2.84. The Kier molecular flexibility index (Phi) is 7.41. The summed E-state index contributed by atoms with van der Waals surface area (Å²) in [5, 5.41) is 2.68. The van der Waals surface area contributed by atoms with E-state index in [0.717, 1.165) is 0 Å². The van der Waals surface area contributed by atoms with Gasteiger partial charge in [-0.05, 0) is 39.0 Å². The Balaban J connectivity index is 2.15. The highest BCUT2D eigenvalue weighted by Gasteiger charge is 2.29. The Bertz CT molecular complexity index is 981. The number of amides is 1. The van der Waals surface area contributed by atoms with Crippen LogP contribution < -0.4 is 5.32 Å². The van der Waals surface area contributed by atoms with E-state index in [2.05, 4.69) is 5.32 Å². The third-order valence-electron chi connectivity index (χ3n) is 3.65. The number of carbonyl (C=O) groups is 4. The van der Waals surface area contributed by atoms with Crippen molar-refractivity contribution in [3.8, 4) is 0 Å². The van der Waals surface area contributed by atoms with Gasteiger partial charge in [0.2, 0.25) is 5.88 Å². The first kappa shape index (κ1) is 22.4. The van der Waals surface area contributed by atoms with Crippen LogP contribution in [0, 0.1) is 6.92 Å². The third-order valence-corrected chi connectivity index (χ3v) is 4.22. The molecule has 0 bridgehead atoms. The van der Waals surface area contributed by atoms with E-state index < -0.39 is 30.2 Å². The number of ether oxygens (including phenoxy) is 2. The molecule has 1 aromatic heterocycles. The lowest BCUT2D eigenvalue weighted by molar-refractivity contribution is -0.119. The fourth-order valence-electron chi connectivity index (χ4n) is 2.48. The van der Waals surface area contributed by atoms with Gasteiger partial charge in [-0.2, -0.15) is 0 Å². The fraction of sp³-hybridized carbons (Fsp3) is 0.263. The summed E-state index contributed by atoms with van der Waals surface area (Å²) in [6.07, 6.45) is 0. The second-order valence-corrected chi connectivity index (χ2v) is 6.61. The maximum atomic E-state index is 12.2. The molecule has 0 aliphatic heterocycles. The molecule has 154 valence electrons. The van der Waals surface area contributed by atoms with Crippen molar-refractivity contribution in [2.45, 2.75) is 20.8 Å². The van der Waals surface area contributed by atoms with Gasteiger partial charge in [-0.3, -0.25) is 14.9 Å². The summed E-state index contributed by atoms with van der Waals surface area (Å²) >= 11 is 11.7. The van der Waals surface area contributed by atoms with Crippen LogP contribution in [0.4, 0.5) is 5.88 Å². The zero-order valence-electron chi connectivity index (χ0n) is 15.8. The van der Waals surface area contributed by atoms with Crippen molar-refractivity contribution in [1.82, 2.24) is 0 Å². The number of Topliss-reactive ketones (excluding diaryl/α,β-unsaturated/α-hetero) is 1. The number of hydrogen-bond acceptors (Lipinski definition) is 7. The molecule has 10 heteroatoms. The number of nitrogens with one attached hydrogen (secondary N) is 1.